The number of hydrogen-bond donors (Lipinski definition) is 2. The van der Waals surface area contributed by atoms with E-state index in [4.69, 9.17) is 14.6 Å². The summed E-state index contributed by atoms with van der Waals surface area (Å²) in [7, 11) is 1.54. The van der Waals surface area contributed by atoms with Gasteiger partial charge in [0.05, 0.1) is 26.5 Å². The maximum atomic E-state index is 12.1. The Labute approximate surface area is 169 Å². The van der Waals surface area contributed by atoms with Crippen molar-refractivity contribution in [1.29, 1.82) is 0 Å². The third kappa shape index (κ3) is 7.88. The number of nitrogens with one attached hydrogen (secondary N) is 1. The third-order valence-electron chi connectivity index (χ3n) is 3.99. The van der Waals surface area contributed by atoms with E-state index in [-0.39, 0.29) is 25.3 Å². The van der Waals surface area contributed by atoms with E-state index in [9.17, 15) is 14.4 Å². The molecule has 0 fully saturated rings. The highest BCUT2D eigenvalue weighted by atomic mass is 16.5. The fourth-order valence-electron chi connectivity index (χ4n) is 2.46. The second kappa shape index (κ2) is 11.3. The Kier molecular flexibility index (Phi) is 8.44. The summed E-state index contributed by atoms with van der Waals surface area (Å²) in [4.78, 5) is 34.7. The molecule has 0 heterocycles. The van der Waals surface area contributed by atoms with Gasteiger partial charge in [-0.25, -0.2) is 0 Å². The van der Waals surface area contributed by atoms with Crippen molar-refractivity contribution in [3.05, 3.63) is 71.8 Å². The van der Waals surface area contributed by atoms with Gasteiger partial charge in [0.2, 0.25) is 5.91 Å². The molecule has 1 amide bonds. The van der Waals surface area contributed by atoms with E-state index in [1.54, 1.807) is 30.3 Å². The van der Waals surface area contributed by atoms with Gasteiger partial charge in [0.25, 0.3) is 0 Å². The van der Waals surface area contributed by atoms with Crippen LogP contribution in [0.2, 0.25) is 0 Å². The maximum absolute atomic E-state index is 12.1. The highest BCUT2D eigenvalue weighted by molar-refractivity contribution is 5.91. The van der Waals surface area contributed by atoms with Gasteiger partial charge < -0.3 is 19.9 Å². The summed E-state index contributed by atoms with van der Waals surface area (Å²) in [6, 6.07) is 16.2. The molecule has 29 heavy (non-hydrogen) atoms. The minimum Gasteiger partial charge on any atom is -0.497 e. The van der Waals surface area contributed by atoms with Crippen molar-refractivity contribution in [2.75, 3.05) is 13.7 Å². The standard InChI is InChI=1S/C22H23NO6/c1-28-18-10-8-17(9-11-18)19(29-22(27)14-13-21(25)26)15-23-20(24)12-7-16-5-3-2-4-6-16/h2-12,19H,13-15H2,1H3,(H,23,24)(H,25,26)/b12-7+. The zero-order valence-corrected chi connectivity index (χ0v) is 16.0. The van der Waals surface area contributed by atoms with E-state index in [0.717, 1.165) is 5.56 Å². The molecule has 152 valence electrons. The number of ether oxygens (including phenoxy) is 2. The number of carboxylic acid groups (broad SMARTS) is 1. The molecule has 0 aliphatic rings. The molecule has 0 saturated heterocycles. The van der Waals surface area contributed by atoms with Crippen LogP contribution in [0.15, 0.2) is 60.7 Å². The third-order valence-corrected chi connectivity index (χ3v) is 3.99. The van der Waals surface area contributed by atoms with Crippen LogP contribution in [-0.4, -0.2) is 36.6 Å². The Hall–Kier alpha value is -3.61. The summed E-state index contributed by atoms with van der Waals surface area (Å²) in [5.41, 5.74) is 1.54. The molecule has 0 radical (unpaired) electrons. The molecule has 2 aromatic rings. The zero-order chi connectivity index (χ0) is 21.1. The van der Waals surface area contributed by atoms with Crippen molar-refractivity contribution in [3.8, 4) is 5.75 Å². The van der Waals surface area contributed by atoms with Gasteiger partial charge >= 0.3 is 11.9 Å². The lowest BCUT2D eigenvalue weighted by molar-refractivity contribution is -0.152. The van der Waals surface area contributed by atoms with Gasteiger partial charge in [-0.05, 0) is 29.3 Å². The monoisotopic (exact) mass is 397 g/mol. The van der Waals surface area contributed by atoms with Crippen molar-refractivity contribution in [2.24, 2.45) is 0 Å². The van der Waals surface area contributed by atoms with Crippen LogP contribution in [0.5, 0.6) is 5.75 Å². The summed E-state index contributed by atoms with van der Waals surface area (Å²) in [6.45, 7) is 0.0447. The minimum absolute atomic E-state index is 0.0447. The number of methoxy groups -OCH3 is 1. The Morgan fingerprint density at radius 2 is 1.72 bits per heavy atom. The number of benzene rings is 2. The second-order valence-electron chi connectivity index (χ2n) is 6.13. The van der Waals surface area contributed by atoms with Crippen LogP contribution in [0, 0.1) is 0 Å². The number of carbonyl (C=O) groups is 3. The molecule has 2 N–H and O–H groups in total. The Morgan fingerprint density at radius 3 is 2.34 bits per heavy atom. The van der Waals surface area contributed by atoms with E-state index < -0.39 is 18.0 Å². The number of hydrogen-bond acceptors (Lipinski definition) is 5. The lowest BCUT2D eigenvalue weighted by atomic mass is 10.1. The smallest absolute Gasteiger partial charge is 0.307 e. The van der Waals surface area contributed by atoms with Gasteiger partial charge in [-0.3, -0.25) is 14.4 Å². The van der Waals surface area contributed by atoms with Crippen molar-refractivity contribution < 1.29 is 29.0 Å². The summed E-state index contributed by atoms with van der Waals surface area (Å²) in [5, 5.41) is 11.4. The lowest BCUT2D eigenvalue weighted by Gasteiger charge is -2.19. The molecular weight excluding hydrogens is 374 g/mol. The highest BCUT2D eigenvalue weighted by Crippen LogP contribution is 2.21. The summed E-state index contributed by atoms with van der Waals surface area (Å²) in [6.07, 6.45) is 1.75. The normalized spacial score (nSPS) is 11.6. The molecule has 1 atom stereocenters. The molecule has 2 aromatic carbocycles. The van der Waals surface area contributed by atoms with Crippen molar-refractivity contribution in [1.82, 2.24) is 5.32 Å². The number of amides is 1. The van der Waals surface area contributed by atoms with Crippen LogP contribution in [0.3, 0.4) is 0 Å². The van der Waals surface area contributed by atoms with Crippen LogP contribution in [-0.2, 0) is 19.1 Å². The minimum atomic E-state index is -1.08. The first-order valence-corrected chi connectivity index (χ1v) is 9.04. The van der Waals surface area contributed by atoms with Crippen LogP contribution >= 0.6 is 0 Å². The van der Waals surface area contributed by atoms with E-state index in [2.05, 4.69) is 5.32 Å². The summed E-state index contributed by atoms with van der Waals surface area (Å²) in [5.74, 6) is -1.43. The van der Waals surface area contributed by atoms with Gasteiger partial charge in [-0.2, -0.15) is 0 Å². The van der Waals surface area contributed by atoms with Crippen LogP contribution in [0.25, 0.3) is 6.08 Å². The second-order valence-corrected chi connectivity index (χ2v) is 6.13. The molecule has 7 heteroatoms. The molecular formula is C22H23NO6. The van der Waals surface area contributed by atoms with Gasteiger partial charge in [-0.15, -0.1) is 0 Å². The van der Waals surface area contributed by atoms with E-state index in [1.807, 2.05) is 30.3 Å². The average molecular weight is 397 g/mol. The van der Waals surface area contributed by atoms with Crippen LogP contribution in [0.1, 0.15) is 30.1 Å². The molecule has 0 aliphatic carbocycles. The van der Waals surface area contributed by atoms with Crippen LogP contribution < -0.4 is 10.1 Å². The first-order valence-electron chi connectivity index (χ1n) is 9.04. The van der Waals surface area contributed by atoms with E-state index in [0.29, 0.717) is 11.3 Å². The first kappa shape index (κ1) is 21.7. The largest absolute Gasteiger partial charge is 0.497 e. The van der Waals surface area contributed by atoms with E-state index in [1.165, 1.54) is 13.2 Å². The van der Waals surface area contributed by atoms with Gasteiger partial charge in [-0.1, -0.05) is 42.5 Å². The van der Waals surface area contributed by atoms with Gasteiger partial charge in [0.15, 0.2) is 0 Å². The SMILES string of the molecule is COc1ccc(C(CNC(=O)/C=C/c2ccccc2)OC(=O)CCC(=O)O)cc1. The summed E-state index contributed by atoms with van der Waals surface area (Å²) >= 11 is 0. The van der Waals surface area contributed by atoms with E-state index >= 15 is 0 Å². The first-order chi connectivity index (χ1) is 14.0. The molecule has 0 saturated carbocycles. The van der Waals surface area contributed by atoms with Crippen LogP contribution in [0.4, 0.5) is 0 Å². The molecule has 0 spiro atoms. The van der Waals surface area contributed by atoms with Crippen molar-refractivity contribution in [2.45, 2.75) is 18.9 Å². The predicted molar refractivity (Wildman–Crippen MR) is 107 cm³/mol. The zero-order valence-electron chi connectivity index (χ0n) is 16.0. The quantitative estimate of drug-likeness (QED) is 0.472. The number of aliphatic carboxylic acids is 1. The molecule has 7 nitrogen and oxygen atoms in total. The van der Waals surface area contributed by atoms with Gasteiger partial charge in [0.1, 0.15) is 11.9 Å². The highest BCUT2D eigenvalue weighted by Gasteiger charge is 2.18. The number of carbonyl (C=O) groups excluding carboxylic acids is 2. The predicted octanol–water partition coefficient (Wildman–Crippen LogP) is 2.97. The van der Waals surface area contributed by atoms with Crippen molar-refractivity contribution in [3.63, 3.8) is 0 Å². The molecule has 0 bridgehead atoms. The molecule has 2 rings (SSSR count). The maximum Gasteiger partial charge on any atom is 0.307 e. The molecule has 1 unspecified atom stereocenters. The molecule has 0 aliphatic heterocycles. The Bertz CT molecular complexity index is 845. The fourth-order valence-corrected chi connectivity index (χ4v) is 2.46. The lowest BCUT2D eigenvalue weighted by Crippen LogP contribution is -2.29. The Balaban J connectivity index is 2.01. The Morgan fingerprint density at radius 1 is 1.03 bits per heavy atom. The van der Waals surface area contributed by atoms with Crippen molar-refractivity contribution >= 4 is 23.9 Å². The number of rotatable bonds is 10. The summed E-state index contributed by atoms with van der Waals surface area (Å²) < 4.78 is 10.5. The molecule has 0 aromatic heterocycles. The average Bonchev–Trinajstić information content (AvgIpc) is 2.74. The fraction of sp³-hybridized carbons (Fsp3) is 0.227. The topological polar surface area (TPSA) is 102 Å². The van der Waals surface area contributed by atoms with Gasteiger partial charge in [0, 0.05) is 6.08 Å². The number of esters is 1. The number of carboxylic acids is 1.